The minimum atomic E-state index is -4.31. The van der Waals surface area contributed by atoms with Crippen LogP contribution in [0.4, 0.5) is 13.2 Å². The molecule has 2 nitrogen and oxygen atoms in total. The molecule has 1 aromatic heterocycles. The molecule has 2 aromatic rings. The maximum absolute atomic E-state index is 12.4. The molecule has 0 aliphatic rings. The Morgan fingerprint density at radius 2 is 1.94 bits per heavy atom. The number of aliphatic hydroxyl groups excluding tert-OH is 1. The molecule has 86 valence electrons. The highest BCUT2D eigenvalue weighted by atomic mass is 19.4. The predicted octanol–water partition coefficient (Wildman–Crippen LogP) is 2.65. The van der Waals surface area contributed by atoms with Gasteiger partial charge in [0.25, 0.3) is 0 Å². The Balaban J connectivity index is 2.49. The second-order valence-corrected chi connectivity index (χ2v) is 3.50. The SMILES string of the molecule is OCCn1ccc2cc(C(F)(F)F)ccc21. The van der Waals surface area contributed by atoms with E-state index in [0.29, 0.717) is 17.4 Å². The third-order valence-electron chi connectivity index (χ3n) is 2.44. The van der Waals surface area contributed by atoms with E-state index in [2.05, 4.69) is 0 Å². The van der Waals surface area contributed by atoms with E-state index in [1.54, 1.807) is 16.8 Å². The summed E-state index contributed by atoms with van der Waals surface area (Å²) in [6.07, 6.45) is -2.64. The normalized spacial score (nSPS) is 12.2. The van der Waals surface area contributed by atoms with Gasteiger partial charge in [-0.05, 0) is 24.3 Å². The van der Waals surface area contributed by atoms with Gasteiger partial charge in [0.05, 0.1) is 12.2 Å². The van der Waals surface area contributed by atoms with Crippen LogP contribution in [0, 0.1) is 0 Å². The molecule has 5 heteroatoms. The standard InChI is InChI=1S/C11H10F3NO/c12-11(13,14)9-1-2-10-8(7-9)3-4-15(10)5-6-16/h1-4,7,16H,5-6H2. The molecule has 0 fully saturated rings. The fourth-order valence-electron chi connectivity index (χ4n) is 1.68. The number of hydrogen-bond donors (Lipinski definition) is 1. The number of hydrogen-bond acceptors (Lipinski definition) is 1. The zero-order valence-corrected chi connectivity index (χ0v) is 8.33. The zero-order valence-electron chi connectivity index (χ0n) is 8.33. The molecule has 0 saturated heterocycles. The molecule has 0 unspecified atom stereocenters. The van der Waals surface area contributed by atoms with Crippen LogP contribution in [0.1, 0.15) is 5.56 Å². The molecule has 0 atom stereocenters. The molecule has 0 radical (unpaired) electrons. The van der Waals surface area contributed by atoms with Crippen molar-refractivity contribution in [2.24, 2.45) is 0 Å². The van der Waals surface area contributed by atoms with Crippen molar-refractivity contribution in [2.45, 2.75) is 12.7 Å². The highest BCUT2D eigenvalue weighted by molar-refractivity contribution is 5.81. The topological polar surface area (TPSA) is 25.2 Å². The van der Waals surface area contributed by atoms with Crippen molar-refractivity contribution >= 4 is 10.9 Å². The van der Waals surface area contributed by atoms with Gasteiger partial charge in [0.2, 0.25) is 0 Å². The molecule has 0 aliphatic carbocycles. The average Bonchev–Trinajstić information content (AvgIpc) is 2.60. The summed E-state index contributed by atoms with van der Waals surface area (Å²) in [4.78, 5) is 0. The van der Waals surface area contributed by atoms with Crippen LogP contribution in [0.2, 0.25) is 0 Å². The van der Waals surface area contributed by atoms with Crippen molar-refractivity contribution in [3.05, 3.63) is 36.0 Å². The smallest absolute Gasteiger partial charge is 0.395 e. The predicted molar refractivity (Wildman–Crippen MR) is 54.0 cm³/mol. The second kappa shape index (κ2) is 3.83. The van der Waals surface area contributed by atoms with Gasteiger partial charge in [-0.25, -0.2) is 0 Å². The highest BCUT2D eigenvalue weighted by Gasteiger charge is 2.30. The first-order valence-corrected chi connectivity index (χ1v) is 4.79. The van der Waals surface area contributed by atoms with E-state index in [9.17, 15) is 13.2 Å². The molecule has 0 spiro atoms. The quantitative estimate of drug-likeness (QED) is 0.841. The number of aromatic nitrogens is 1. The van der Waals surface area contributed by atoms with E-state index in [1.165, 1.54) is 6.07 Å². The molecule has 0 aliphatic heterocycles. The van der Waals surface area contributed by atoms with Gasteiger partial charge in [0.1, 0.15) is 0 Å². The number of benzene rings is 1. The summed E-state index contributed by atoms with van der Waals surface area (Å²) >= 11 is 0. The van der Waals surface area contributed by atoms with Crippen LogP contribution >= 0.6 is 0 Å². The van der Waals surface area contributed by atoms with Crippen molar-refractivity contribution in [3.8, 4) is 0 Å². The van der Waals surface area contributed by atoms with Gasteiger partial charge in [-0.1, -0.05) is 0 Å². The summed E-state index contributed by atoms with van der Waals surface area (Å²) in [6.45, 7) is 0.347. The summed E-state index contributed by atoms with van der Waals surface area (Å²) in [5.74, 6) is 0. The lowest BCUT2D eigenvalue weighted by atomic mass is 10.1. The van der Waals surface area contributed by atoms with Crippen LogP contribution in [0.15, 0.2) is 30.5 Å². The lowest BCUT2D eigenvalue weighted by molar-refractivity contribution is -0.137. The molecule has 1 aromatic carbocycles. The monoisotopic (exact) mass is 229 g/mol. The Hall–Kier alpha value is -1.49. The van der Waals surface area contributed by atoms with Crippen molar-refractivity contribution in [1.29, 1.82) is 0 Å². The molecule has 16 heavy (non-hydrogen) atoms. The summed E-state index contributed by atoms with van der Waals surface area (Å²) < 4.78 is 39.0. The Morgan fingerprint density at radius 3 is 2.56 bits per heavy atom. The molecule has 0 saturated carbocycles. The van der Waals surface area contributed by atoms with E-state index in [0.717, 1.165) is 12.1 Å². The number of aliphatic hydroxyl groups is 1. The Labute approximate surface area is 89.9 Å². The van der Waals surface area contributed by atoms with E-state index >= 15 is 0 Å². The van der Waals surface area contributed by atoms with E-state index in [-0.39, 0.29) is 6.61 Å². The third-order valence-corrected chi connectivity index (χ3v) is 2.44. The van der Waals surface area contributed by atoms with Gasteiger partial charge in [0.15, 0.2) is 0 Å². The van der Waals surface area contributed by atoms with E-state index in [1.807, 2.05) is 0 Å². The lowest BCUT2D eigenvalue weighted by Gasteiger charge is -2.07. The molecule has 2 rings (SSSR count). The molecule has 1 heterocycles. The first-order chi connectivity index (χ1) is 7.52. The van der Waals surface area contributed by atoms with E-state index < -0.39 is 11.7 Å². The minimum absolute atomic E-state index is 0.0369. The maximum Gasteiger partial charge on any atom is 0.416 e. The summed E-state index contributed by atoms with van der Waals surface area (Å²) in [5.41, 5.74) is 0.0452. The molecular weight excluding hydrogens is 219 g/mol. The number of nitrogens with zero attached hydrogens (tertiary/aromatic N) is 1. The van der Waals surface area contributed by atoms with Gasteiger partial charge in [-0.15, -0.1) is 0 Å². The summed E-state index contributed by atoms with van der Waals surface area (Å²) in [7, 11) is 0. The Kier molecular flexibility index (Phi) is 2.63. The first-order valence-electron chi connectivity index (χ1n) is 4.79. The fourth-order valence-corrected chi connectivity index (χ4v) is 1.68. The van der Waals surface area contributed by atoms with Crippen molar-refractivity contribution in [2.75, 3.05) is 6.61 Å². The van der Waals surface area contributed by atoms with Crippen LogP contribution in [0.3, 0.4) is 0 Å². The largest absolute Gasteiger partial charge is 0.416 e. The number of halogens is 3. The Morgan fingerprint density at radius 1 is 1.19 bits per heavy atom. The number of rotatable bonds is 2. The minimum Gasteiger partial charge on any atom is -0.395 e. The second-order valence-electron chi connectivity index (χ2n) is 3.50. The lowest BCUT2D eigenvalue weighted by Crippen LogP contribution is -2.05. The van der Waals surface area contributed by atoms with Gasteiger partial charge in [-0.2, -0.15) is 13.2 Å². The van der Waals surface area contributed by atoms with Crippen molar-refractivity contribution in [1.82, 2.24) is 4.57 Å². The van der Waals surface area contributed by atoms with Crippen LogP contribution in [-0.2, 0) is 12.7 Å². The van der Waals surface area contributed by atoms with Crippen LogP contribution < -0.4 is 0 Å². The van der Waals surface area contributed by atoms with Crippen LogP contribution in [-0.4, -0.2) is 16.3 Å². The highest BCUT2D eigenvalue weighted by Crippen LogP contribution is 2.31. The summed E-state index contributed by atoms with van der Waals surface area (Å²) in [5, 5.41) is 9.31. The maximum atomic E-state index is 12.4. The van der Waals surface area contributed by atoms with E-state index in [4.69, 9.17) is 5.11 Å². The van der Waals surface area contributed by atoms with Gasteiger partial charge >= 0.3 is 6.18 Å². The number of alkyl halides is 3. The molecule has 1 N–H and O–H groups in total. The average molecular weight is 229 g/mol. The van der Waals surface area contributed by atoms with Gasteiger partial charge in [-0.3, -0.25) is 0 Å². The zero-order chi connectivity index (χ0) is 11.8. The Bertz CT molecular complexity index is 501. The van der Waals surface area contributed by atoms with Crippen LogP contribution in [0.5, 0.6) is 0 Å². The fraction of sp³-hybridized carbons (Fsp3) is 0.273. The summed E-state index contributed by atoms with van der Waals surface area (Å²) in [6, 6.07) is 5.20. The molecule has 0 amide bonds. The molecular formula is C11H10F3NO. The molecule has 0 bridgehead atoms. The first kappa shape index (κ1) is 11.0. The van der Waals surface area contributed by atoms with Crippen molar-refractivity contribution in [3.63, 3.8) is 0 Å². The third kappa shape index (κ3) is 1.90. The van der Waals surface area contributed by atoms with Crippen molar-refractivity contribution < 1.29 is 18.3 Å². The van der Waals surface area contributed by atoms with Gasteiger partial charge in [0, 0.05) is 23.6 Å². The van der Waals surface area contributed by atoms with Crippen LogP contribution in [0.25, 0.3) is 10.9 Å². The number of fused-ring (bicyclic) bond motifs is 1. The van der Waals surface area contributed by atoms with Gasteiger partial charge < -0.3 is 9.67 Å².